The Morgan fingerprint density at radius 1 is 1.24 bits per heavy atom. The predicted octanol–water partition coefficient (Wildman–Crippen LogP) is 4.62. The average Bonchev–Trinajstić information content (AvgIpc) is 2.54. The summed E-state index contributed by atoms with van der Waals surface area (Å²) < 4.78 is 10.5. The standard InChI is InChI=1S/C17H23BrO3/c1-20-13-8-9-16(21-2)14(11-13)17(19)15(18)10-12-6-4-3-5-7-12/h8-9,11-12,15H,3-7,10H2,1-2H3. The molecule has 0 bridgehead atoms. The lowest BCUT2D eigenvalue weighted by atomic mass is 9.85. The first-order valence-electron chi connectivity index (χ1n) is 7.56. The summed E-state index contributed by atoms with van der Waals surface area (Å²) in [5, 5.41) is 0. The molecule has 1 fully saturated rings. The van der Waals surface area contributed by atoms with Gasteiger partial charge in [-0.25, -0.2) is 0 Å². The molecule has 0 spiro atoms. The lowest BCUT2D eigenvalue weighted by Gasteiger charge is -2.23. The Kier molecular flexibility index (Phi) is 6.09. The lowest BCUT2D eigenvalue weighted by Crippen LogP contribution is -2.20. The number of halogens is 1. The van der Waals surface area contributed by atoms with Crippen LogP contribution in [-0.4, -0.2) is 24.8 Å². The predicted molar refractivity (Wildman–Crippen MR) is 87.8 cm³/mol. The number of carbonyl (C=O) groups excluding carboxylic acids is 1. The SMILES string of the molecule is COc1ccc(OC)c(C(=O)C(Br)CC2CCCCC2)c1. The van der Waals surface area contributed by atoms with Crippen molar-refractivity contribution in [2.75, 3.05) is 14.2 Å². The van der Waals surface area contributed by atoms with E-state index in [0.717, 1.165) is 6.42 Å². The molecule has 0 heterocycles. The molecular weight excluding hydrogens is 332 g/mol. The van der Waals surface area contributed by atoms with Crippen molar-refractivity contribution in [3.05, 3.63) is 23.8 Å². The van der Waals surface area contributed by atoms with Crippen molar-refractivity contribution in [2.24, 2.45) is 5.92 Å². The highest BCUT2D eigenvalue weighted by atomic mass is 79.9. The van der Waals surface area contributed by atoms with E-state index in [1.165, 1.54) is 32.1 Å². The summed E-state index contributed by atoms with van der Waals surface area (Å²) in [6.07, 6.45) is 7.30. The topological polar surface area (TPSA) is 35.5 Å². The van der Waals surface area contributed by atoms with Crippen LogP contribution in [0.25, 0.3) is 0 Å². The van der Waals surface area contributed by atoms with Crippen LogP contribution in [-0.2, 0) is 0 Å². The van der Waals surface area contributed by atoms with Gasteiger partial charge in [-0.1, -0.05) is 48.0 Å². The maximum Gasteiger partial charge on any atom is 0.180 e. The van der Waals surface area contributed by atoms with E-state index in [4.69, 9.17) is 9.47 Å². The zero-order valence-corrected chi connectivity index (χ0v) is 14.3. The van der Waals surface area contributed by atoms with E-state index in [1.54, 1.807) is 32.4 Å². The molecule has 1 aliphatic rings. The van der Waals surface area contributed by atoms with E-state index in [-0.39, 0.29) is 10.6 Å². The summed E-state index contributed by atoms with van der Waals surface area (Å²) in [6.45, 7) is 0. The van der Waals surface area contributed by atoms with Gasteiger partial charge in [-0.15, -0.1) is 0 Å². The number of benzene rings is 1. The molecule has 0 radical (unpaired) electrons. The lowest BCUT2D eigenvalue weighted by molar-refractivity contribution is 0.0976. The molecule has 1 atom stereocenters. The molecule has 2 rings (SSSR count). The van der Waals surface area contributed by atoms with E-state index in [0.29, 0.717) is 23.0 Å². The van der Waals surface area contributed by atoms with E-state index in [2.05, 4.69) is 15.9 Å². The Morgan fingerprint density at radius 2 is 1.95 bits per heavy atom. The minimum absolute atomic E-state index is 0.0799. The third-order valence-electron chi connectivity index (χ3n) is 4.22. The molecular formula is C17H23BrO3. The fraction of sp³-hybridized carbons (Fsp3) is 0.588. The second-order valence-corrected chi connectivity index (χ2v) is 6.74. The first kappa shape index (κ1) is 16.3. The number of rotatable bonds is 6. The Bertz CT molecular complexity index is 481. The highest BCUT2D eigenvalue weighted by molar-refractivity contribution is 9.10. The summed E-state index contributed by atoms with van der Waals surface area (Å²) in [5.74, 6) is 2.02. The van der Waals surface area contributed by atoms with Crippen LogP contribution >= 0.6 is 15.9 Å². The van der Waals surface area contributed by atoms with Gasteiger partial charge in [-0.05, 0) is 30.5 Å². The molecule has 1 aliphatic carbocycles. The largest absolute Gasteiger partial charge is 0.497 e. The van der Waals surface area contributed by atoms with Crippen LogP contribution in [0.1, 0.15) is 48.9 Å². The van der Waals surface area contributed by atoms with Gasteiger partial charge < -0.3 is 9.47 Å². The van der Waals surface area contributed by atoms with Crippen LogP contribution in [0.4, 0.5) is 0 Å². The maximum absolute atomic E-state index is 12.7. The Balaban J connectivity index is 2.10. The zero-order chi connectivity index (χ0) is 15.2. The second kappa shape index (κ2) is 7.83. The summed E-state index contributed by atoms with van der Waals surface area (Å²) in [5.41, 5.74) is 0.592. The van der Waals surface area contributed by atoms with Crippen molar-refractivity contribution < 1.29 is 14.3 Å². The number of ether oxygens (including phenoxy) is 2. The van der Waals surface area contributed by atoms with Gasteiger partial charge in [0.25, 0.3) is 0 Å². The zero-order valence-electron chi connectivity index (χ0n) is 12.7. The first-order chi connectivity index (χ1) is 10.2. The number of hydrogen-bond acceptors (Lipinski definition) is 3. The van der Waals surface area contributed by atoms with Gasteiger partial charge >= 0.3 is 0 Å². The fourth-order valence-corrected chi connectivity index (χ4v) is 3.77. The van der Waals surface area contributed by atoms with Gasteiger partial charge in [-0.3, -0.25) is 4.79 Å². The Morgan fingerprint density at radius 3 is 2.57 bits per heavy atom. The van der Waals surface area contributed by atoms with Crippen molar-refractivity contribution >= 4 is 21.7 Å². The molecule has 0 aromatic heterocycles. The van der Waals surface area contributed by atoms with Crippen LogP contribution in [0.5, 0.6) is 11.5 Å². The molecule has 1 aromatic carbocycles. The summed E-state index contributed by atoms with van der Waals surface area (Å²) in [7, 11) is 3.19. The van der Waals surface area contributed by atoms with Crippen molar-refractivity contribution in [1.29, 1.82) is 0 Å². The van der Waals surface area contributed by atoms with Crippen molar-refractivity contribution in [1.82, 2.24) is 0 Å². The van der Waals surface area contributed by atoms with Gasteiger partial charge in [0.05, 0.1) is 24.6 Å². The van der Waals surface area contributed by atoms with Gasteiger partial charge in [0, 0.05) is 0 Å². The number of ketones is 1. The monoisotopic (exact) mass is 354 g/mol. The Hall–Kier alpha value is -1.03. The molecule has 3 nitrogen and oxygen atoms in total. The average molecular weight is 355 g/mol. The minimum Gasteiger partial charge on any atom is -0.497 e. The number of alkyl halides is 1. The third kappa shape index (κ3) is 4.22. The van der Waals surface area contributed by atoms with Crippen LogP contribution in [0.3, 0.4) is 0 Å². The van der Waals surface area contributed by atoms with Crippen LogP contribution in [0, 0.1) is 5.92 Å². The summed E-state index contributed by atoms with van der Waals surface area (Å²) in [4.78, 5) is 12.5. The number of Topliss-reactive ketones (excluding diaryl/α,β-unsaturated/α-hetero) is 1. The van der Waals surface area contributed by atoms with Gasteiger partial charge in [0.1, 0.15) is 11.5 Å². The summed E-state index contributed by atoms with van der Waals surface area (Å²) in [6, 6.07) is 5.35. The normalized spacial score (nSPS) is 17.3. The van der Waals surface area contributed by atoms with E-state index in [9.17, 15) is 4.79 Å². The first-order valence-corrected chi connectivity index (χ1v) is 8.47. The van der Waals surface area contributed by atoms with Crippen LogP contribution < -0.4 is 9.47 Å². The quantitative estimate of drug-likeness (QED) is 0.552. The molecule has 21 heavy (non-hydrogen) atoms. The van der Waals surface area contributed by atoms with E-state index in [1.807, 2.05) is 0 Å². The molecule has 0 N–H and O–H groups in total. The Labute approximate surface area is 135 Å². The van der Waals surface area contributed by atoms with Crippen molar-refractivity contribution in [3.63, 3.8) is 0 Å². The van der Waals surface area contributed by atoms with Crippen molar-refractivity contribution in [3.8, 4) is 11.5 Å². The summed E-state index contributed by atoms with van der Waals surface area (Å²) >= 11 is 3.58. The molecule has 1 aromatic rings. The fourth-order valence-electron chi connectivity index (χ4n) is 3.00. The number of methoxy groups -OCH3 is 2. The molecule has 4 heteroatoms. The van der Waals surface area contributed by atoms with E-state index < -0.39 is 0 Å². The van der Waals surface area contributed by atoms with Gasteiger partial charge in [0.2, 0.25) is 0 Å². The minimum atomic E-state index is -0.151. The van der Waals surface area contributed by atoms with Gasteiger partial charge in [0.15, 0.2) is 5.78 Å². The highest BCUT2D eigenvalue weighted by Gasteiger charge is 2.25. The second-order valence-electron chi connectivity index (χ2n) is 5.64. The maximum atomic E-state index is 12.7. The van der Waals surface area contributed by atoms with Gasteiger partial charge in [-0.2, -0.15) is 0 Å². The van der Waals surface area contributed by atoms with Crippen LogP contribution in [0.2, 0.25) is 0 Å². The molecule has 116 valence electrons. The van der Waals surface area contributed by atoms with Crippen LogP contribution in [0.15, 0.2) is 18.2 Å². The van der Waals surface area contributed by atoms with E-state index >= 15 is 0 Å². The molecule has 1 unspecified atom stereocenters. The van der Waals surface area contributed by atoms with Crippen molar-refractivity contribution in [2.45, 2.75) is 43.4 Å². The molecule has 1 saturated carbocycles. The molecule has 0 amide bonds. The number of carbonyl (C=O) groups is 1. The molecule has 0 aliphatic heterocycles. The molecule has 0 saturated heterocycles. The number of hydrogen-bond donors (Lipinski definition) is 0. The highest BCUT2D eigenvalue weighted by Crippen LogP contribution is 2.32. The third-order valence-corrected chi connectivity index (χ3v) is 5.01. The smallest absolute Gasteiger partial charge is 0.180 e.